The number of hydrogen-bond donors (Lipinski definition) is 3. The van der Waals surface area contributed by atoms with E-state index < -0.39 is 18.0 Å². The molecule has 0 aromatic rings. The van der Waals surface area contributed by atoms with E-state index in [0.29, 0.717) is 13.0 Å². The van der Waals surface area contributed by atoms with Crippen LogP contribution in [0.15, 0.2) is 0 Å². The summed E-state index contributed by atoms with van der Waals surface area (Å²) in [6.45, 7) is 0.688. The third-order valence-corrected chi connectivity index (χ3v) is 2.33. The van der Waals surface area contributed by atoms with Crippen LogP contribution in [0, 0.1) is 0 Å². The molecule has 0 saturated heterocycles. The molecule has 0 unspecified atom stereocenters. The number of aliphatic carboxylic acids is 1. The van der Waals surface area contributed by atoms with Crippen LogP contribution in [0.3, 0.4) is 0 Å². The average Bonchev–Trinajstić information content (AvgIpc) is 2.33. The van der Waals surface area contributed by atoms with E-state index in [1.54, 1.807) is 7.05 Å². The number of rotatable bonds is 9. The molecule has 7 heteroatoms. The zero-order chi connectivity index (χ0) is 14.0. The summed E-state index contributed by atoms with van der Waals surface area (Å²) in [5, 5.41) is 14.2. The third kappa shape index (κ3) is 7.61. The van der Waals surface area contributed by atoms with Crippen LogP contribution in [0.5, 0.6) is 0 Å². The minimum absolute atomic E-state index is 0.0276. The van der Waals surface area contributed by atoms with Crippen molar-refractivity contribution in [2.75, 3.05) is 20.7 Å². The normalized spacial score (nSPS) is 11.7. The van der Waals surface area contributed by atoms with Crippen molar-refractivity contribution in [3.8, 4) is 0 Å². The molecule has 3 N–H and O–H groups in total. The smallest absolute Gasteiger partial charge is 0.326 e. The first-order chi connectivity index (χ1) is 8.51. The summed E-state index contributed by atoms with van der Waals surface area (Å²) >= 11 is 0. The second-order valence-electron chi connectivity index (χ2n) is 3.78. The summed E-state index contributed by atoms with van der Waals surface area (Å²) in [5.41, 5.74) is 0. The zero-order valence-corrected chi connectivity index (χ0v) is 10.7. The Morgan fingerprint density at radius 2 is 1.94 bits per heavy atom. The number of ether oxygens (including phenoxy) is 1. The summed E-state index contributed by atoms with van der Waals surface area (Å²) in [6, 6.07) is -1.05. The van der Waals surface area contributed by atoms with Gasteiger partial charge in [-0.1, -0.05) is 0 Å². The lowest BCUT2D eigenvalue weighted by Crippen LogP contribution is -2.41. The topological polar surface area (TPSA) is 105 Å². The fourth-order valence-corrected chi connectivity index (χ4v) is 1.31. The van der Waals surface area contributed by atoms with Gasteiger partial charge in [0.05, 0.1) is 7.11 Å². The fourth-order valence-electron chi connectivity index (χ4n) is 1.31. The number of carboxylic acid groups (broad SMARTS) is 1. The van der Waals surface area contributed by atoms with Gasteiger partial charge in [-0.3, -0.25) is 9.59 Å². The molecule has 1 atom stereocenters. The molecule has 0 rings (SSSR count). The summed E-state index contributed by atoms with van der Waals surface area (Å²) in [6.07, 6.45) is 0.874. The van der Waals surface area contributed by atoms with Gasteiger partial charge in [0, 0.05) is 12.8 Å². The van der Waals surface area contributed by atoms with Crippen molar-refractivity contribution >= 4 is 17.8 Å². The standard InChI is InChI=1S/C11H20N2O5/c1-12-7-3-4-9(14)13-8(11(16)17)5-6-10(15)18-2/h8,12H,3-7H2,1-2H3,(H,13,14)(H,16,17)/t8-/m1/s1. The lowest BCUT2D eigenvalue weighted by Gasteiger charge is -2.13. The van der Waals surface area contributed by atoms with Gasteiger partial charge in [0.15, 0.2) is 0 Å². The van der Waals surface area contributed by atoms with Gasteiger partial charge in [-0.2, -0.15) is 0 Å². The highest BCUT2D eigenvalue weighted by Gasteiger charge is 2.20. The van der Waals surface area contributed by atoms with Gasteiger partial charge in [0.2, 0.25) is 5.91 Å². The quantitative estimate of drug-likeness (QED) is 0.381. The second kappa shape index (κ2) is 9.41. The SMILES string of the molecule is CNCCCC(=O)N[C@H](CCC(=O)OC)C(=O)O. The molecule has 0 aliphatic heterocycles. The molecule has 0 spiro atoms. The van der Waals surface area contributed by atoms with Crippen LogP contribution in [0.4, 0.5) is 0 Å². The van der Waals surface area contributed by atoms with Gasteiger partial charge in [0.1, 0.15) is 6.04 Å². The maximum Gasteiger partial charge on any atom is 0.326 e. The maximum atomic E-state index is 11.4. The third-order valence-electron chi connectivity index (χ3n) is 2.33. The number of methoxy groups -OCH3 is 1. The van der Waals surface area contributed by atoms with E-state index in [1.807, 2.05) is 0 Å². The molecule has 18 heavy (non-hydrogen) atoms. The van der Waals surface area contributed by atoms with E-state index in [1.165, 1.54) is 7.11 Å². The molecule has 0 aromatic carbocycles. The average molecular weight is 260 g/mol. The van der Waals surface area contributed by atoms with Crippen molar-refractivity contribution in [3.05, 3.63) is 0 Å². The van der Waals surface area contributed by atoms with Crippen molar-refractivity contribution in [2.24, 2.45) is 0 Å². The molecule has 0 aromatic heterocycles. The summed E-state index contributed by atoms with van der Waals surface area (Å²) in [4.78, 5) is 33.2. The molecule has 0 saturated carbocycles. The van der Waals surface area contributed by atoms with Crippen LogP contribution in [0.25, 0.3) is 0 Å². The van der Waals surface area contributed by atoms with Gasteiger partial charge in [-0.05, 0) is 26.4 Å². The Morgan fingerprint density at radius 1 is 1.28 bits per heavy atom. The minimum Gasteiger partial charge on any atom is -0.480 e. The molecule has 0 heterocycles. The van der Waals surface area contributed by atoms with E-state index in [9.17, 15) is 14.4 Å². The monoisotopic (exact) mass is 260 g/mol. The molecule has 0 bridgehead atoms. The first kappa shape index (κ1) is 16.4. The first-order valence-electron chi connectivity index (χ1n) is 5.74. The number of carboxylic acids is 1. The largest absolute Gasteiger partial charge is 0.480 e. The molecule has 0 fully saturated rings. The lowest BCUT2D eigenvalue weighted by molar-refractivity contribution is -0.144. The summed E-state index contributed by atoms with van der Waals surface area (Å²) in [5.74, 6) is -1.98. The molecule has 7 nitrogen and oxygen atoms in total. The molecule has 0 aliphatic rings. The van der Waals surface area contributed by atoms with Crippen molar-refractivity contribution in [2.45, 2.75) is 31.7 Å². The zero-order valence-electron chi connectivity index (χ0n) is 10.7. The molecule has 104 valence electrons. The van der Waals surface area contributed by atoms with Gasteiger partial charge in [0.25, 0.3) is 0 Å². The highest BCUT2D eigenvalue weighted by Crippen LogP contribution is 2.00. The van der Waals surface area contributed by atoms with Crippen LogP contribution < -0.4 is 10.6 Å². The minimum atomic E-state index is -1.15. The second-order valence-corrected chi connectivity index (χ2v) is 3.78. The molecular formula is C11H20N2O5. The van der Waals surface area contributed by atoms with Crippen molar-refractivity contribution in [1.29, 1.82) is 0 Å². The Kier molecular flexibility index (Phi) is 8.55. The van der Waals surface area contributed by atoms with Crippen molar-refractivity contribution in [1.82, 2.24) is 10.6 Å². The molecule has 0 aliphatic carbocycles. The van der Waals surface area contributed by atoms with E-state index in [-0.39, 0.29) is 25.2 Å². The number of esters is 1. The number of carbonyl (C=O) groups is 3. The van der Waals surface area contributed by atoms with E-state index >= 15 is 0 Å². The van der Waals surface area contributed by atoms with Gasteiger partial charge in [-0.25, -0.2) is 4.79 Å². The lowest BCUT2D eigenvalue weighted by atomic mass is 10.1. The molecule has 0 radical (unpaired) electrons. The van der Waals surface area contributed by atoms with Gasteiger partial charge < -0.3 is 20.5 Å². The Labute approximate surface area is 106 Å². The van der Waals surface area contributed by atoms with Crippen LogP contribution in [0.1, 0.15) is 25.7 Å². The van der Waals surface area contributed by atoms with E-state index in [4.69, 9.17) is 5.11 Å². The van der Waals surface area contributed by atoms with Crippen molar-refractivity contribution in [3.63, 3.8) is 0 Å². The van der Waals surface area contributed by atoms with E-state index in [2.05, 4.69) is 15.4 Å². The van der Waals surface area contributed by atoms with Crippen LogP contribution >= 0.6 is 0 Å². The number of nitrogens with one attached hydrogen (secondary N) is 2. The first-order valence-corrected chi connectivity index (χ1v) is 5.74. The summed E-state index contributed by atoms with van der Waals surface area (Å²) < 4.78 is 4.41. The predicted molar refractivity (Wildman–Crippen MR) is 64.0 cm³/mol. The molecular weight excluding hydrogens is 240 g/mol. The van der Waals surface area contributed by atoms with Gasteiger partial charge >= 0.3 is 11.9 Å². The van der Waals surface area contributed by atoms with E-state index in [0.717, 1.165) is 0 Å². The fraction of sp³-hybridized carbons (Fsp3) is 0.727. The predicted octanol–water partition coefficient (Wildman–Crippen LogP) is -0.491. The Balaban J connectivity index is 4.06. The summed E-state index contributed by atoms with van der Waals surface area (Å²) in [7, 11) is 3.00. The van der Waals surface area contributed by atoms with Crippen LogP contribution in [0.2, 0.25) is 0 Å². The van der Waals surface area contributed by atoms with Gasteiger partial charge in [-0.15, -0.1) is 0 Å². The Morgan fingerprint density at radius 3 is 2.44 bits per heavy atom. The Hall–Kier alpha value is -1.63. The number of hydrogen-bond acceptors (Lipinski definition) is 5. The highest BCUT2D eigenvalue weighted by molar-refractivity contribution is 5.84. The number of carbonyl (C=O) groups excluding carboxylic acids is 2. The molecule has 1 amide bonds. The van der Waals surface area contributed by atoms with Crippen LogP contribution in [-0.2, 0) is 19.1 Å². The maximum absolute atomic E-state index is 11.4. The highest BCUT2D eigenvalue weighted by atomic mass is 16.5. The number of amides is 1. The Bertz CT molecular complexity index is 293. The van der Waals surface area contributed by atoms with Crippen molar-refractivity contribution < 1.29 is 24.2 Å². The van der Waals surface area contributed by atoms with Crippen LogP contribution in [-0.4, -0.2) is 49.7 Å².